The Balaban J connectivity index is 1.46. The summed E-state index contributed by atoms with van der Waals surface area (Å²) in [5.74, 6) is 1.86. The van der Waals surface area contributed by atoms with Gasteiger partial charge in [-0.25, -0.2) is 0 Å². The minimum Gasteiger partial charge on any atom is -0.352 e. The molecule has 3 atom stereocenters. The van der Waals surface area contributed by atoms with E-state index in [0.717, 1.165) is 50.6 Å². The van der Waals surface area contributed by atoms with E-state index in [1.54, 1.807) is 0 Å². The molecular weight excluding hydrogens is 296 g/mol. The number of hydrogen-bond donors (Lipinski definition) is 2. The summed E-state index contributed by atoms with van der Waals surface area (Å²) in [5, 5.41) is 6.77. The summed E-state index contributed by atoms with van der Waals surface area (Å²) in [6.45, 7) is 1.98. The fourth-order valence-corrected chi connectivity index (χ4v) is 6.77. The number of nitrogens with one attached hydrogen (secondary N) is 2. The maximum atomic E-state index is 13.3. The van der Waals surface area contributed by atoms with Gasteiger partial charge in [-0.1, -0.05) is 30.3 Å². The van der Waals surface area contributed by atoms with Crippen molar-refractivity contribution < 1.29 is 4.79 Å². The van der Waals surface area contributed by atoms with Crippen LogP contribution < -0.4 is 10.6 Å². The van der Waals surface area contributed by atoms with E-state index in [-0.39, 0.29) is 10.8 Å². The lowest BCUT2D eigenvalue weighted by Gasteiger charge is -2.61. The quantitative estimate of drug-likeness (QED) is 0.897. The molecule has 3 nitrogen and oxygen atoms in total. The molecule has 6 rings (SSSR count). The molecule has 1 amide bonds. The number of carbonyl (C=O) groups is 1. The Hall–Kier alpha value is -1.35. The van der Waals surface area contributed by atoms with Crippen LogP contribution in [0.3, 0.4) is 0 Å². The van der Waals surface area contributed by atoms with Crippen LogP contribution in [-0.2, 0) is 10.2 Å². The molecule has 0 unspecified atom stereocenters. The van der Waals surface area contributed by atoms with Crippen LogP contribution in [0.1, 0.15) is 50.5 Å². The third-order valence-corrected chi connectivity index (χ3v) is 7.32. The van der Waals surface area contributed by atoms with Crippen LogP contribution in [0, 0.1) is 17.3 Å². The third kappa shape index (κ3) is 2.24. The van der Waals surface area contributed by atoms with Gasteiger partial charge in [-0.3, -0.25) is 4.79 Å². The minimum absolute atomic E-state index is 0.0947. The molecule has 1 aromatic carbocycles. The van der Waals surface area contributed by atoms with Gasteiger partial charge in [0.1, 0.15) is 0 Å². The van der Waals surface area contributed by atoms with Crippen LogP contribution in [0.4, 0.5) is 0 Å². The number of rotatable bonds is 3. The van der Waals surface area contributed by atoms with Crippen molar-refractivity contribution in [3.8, 4) is 0 Å². The van der Waals surface area contributed by atoms with E-state index in [1.807, 2.05) is 0 Å². The van der Waals surface area contributed by atoms with E-state index in [0.29, 0.717) is 11.9 Å². The predicted octanol–water partition coefficient (Wildman–Crippen LogP) is 3.00. The lowest BCUT2D eigenvalue weighted by atomic mass is 9.42. The van der Waals surface area contributed by atoms with Crippen molar-refractivity contribution >= 4 is 5.91 Å². The fourth-order valence-electron chi connectivity index (χ4n) is 6.77. The van der Waals surface area contributed by atoms with Crippen molar-refractivity contribution in [3.05, 3.63) is 35.9 Å². The molecule has 1 heterocycles. The van der Waals surface area contributed by atoms with Gasteiger partial charge in [-0.05, 0) is 74.3 Å². The molecule has 4 bridgehead atoms. The Kier molecular flexibility index (Phi) is 3.31. The summed E-state index contributed by atoms with van der Waals surface area (Å²) < 4.78 is 0. The fraction of sp³-hybridized carbons (Fsp3) is 0.667. The topological polar surface area (TPSA) is 41.1 Å². The van der Waals surface area contributed by atoms with Crippen LogP contribution >= 0.6 is 0 Å². The Morgan fingerprint density at radius 1 is 1.08 bits per heavy atom. The third-order valence-electron chi connectivity index (χ3n) is 7.32. The van der Waals surface area contributed by atoms with Gasteiger partial charge in [0.15, 0.2) is 0 Å². The highest BCUT2D eigenvalue weighted by Crippen LogP contribution is 2.65. The van der Waals surface area contributed by atoms with Crippen LogP contribution in [0.5, 0.6) is 0 Å². The van der Waals surface area contributed by atoms with Gasteiger partial charge in [0, 0.05) is 12.6 Å². The highest BCUT2D eigenvalue weighted by Gasteiger charge is 2.61. The number of benzene rings is 1. The van der Waals surface area contributed by atoms with Crippen LogP contribution in [0.15, 0.2) is 30.3 Å². The Morgan fingerprint density at radius 3 is 2.50 bits per heavy atom. The molecule has 1 saturated heterocycles. The summed E-state index contributed by atoms with van der Waals surface area (Å²) in [6.07, 6.45) is 8.37. The molecule has 128 valence electrons. The molecule has 1 aliphatic heterocycles. The maximum absolute atomic E-state index is 13.3. The standard InChI is InChI=1S/C21H28N2O/c24-19(23-18-6-7-22-13-18)21-11-15-8-16(12-21)10-20(9-15,14-21)17-4-2-1-3-5-17/h1-5,15-16,18,22H,6-14H2,(H,23,24)/t15-,16-,18-,20?,21?/m1/s1. The number of carbonyl (C=O) groups excluding carboxylic acids is 1. The molecule has 0 aromatic heterocycles. The van der Waals surface area contributed by atoms with Crippen molar-refractivity contribution in [2.24, 2.45) is 17.3 Å². The van der Waals surface area contributed by atoms with Gasteiger partial charge in [0.25, 0.3) is 0 Å². The second kappa shape index (κ2) is 5.32. The SMILES string of the molecule is O=C(N[C@@H]1CCNC1)C12C[C@@H]3C[C@@H](C1)CC(c1ccccc1)(C3)C2. The van der Waals surface area contributed by atoms with E-state index < -0.39 is 0 Å². The average Bonchev–Trinajstić information content (AvgIpc) is 3.07. The van der Waals surface area contributed by atoms with E-state index in [2.05, 4.69) is 41.0 Å². The molecule has 5 aliphatic rings. The summed E-state index contributed by atoms with van der Waals surface area (Å²) in [4.78, 5) is 13.3. The summed E-state index contributed by atoms with van der Waals surface area (Å²) in [7, 11) is 0. The highest BCUT2D eigenvalue weighted by atomic mass is 16.2. The van der Waals surface area contributed by atoms with Gasteiger partial charge in [0.2, 0.25) is 5.91 Å². The first-order valence-corrected chi connectivity index (χ1v) is 9.75. The Bertz CT molecular complexity index is 620. The maximum Gasteiger partial charge on any atom is 0.226 e. The lowest BCUT2D eigenvalue weighted by Crippen LogP contribution is -2.60. The molecule has 1 aromatic rings. The second-order valence-corrected chi connectivity index (χ2v) is 9.05. The second-order valence-electron chi connectivity index (χ2n) is 9.05. The van der Waals surface area contributed by atoms with Crippen LogP contribution in [0.25, 0.3) is 0 Å². The number of hydrogen-bond acceptors (Lipinski definition) is 2. The zero-order chi connectivity index (χ0) is 16.2. The lowest BCUT2D eigenvalue weighted by molar-refractivity contribution is -0.149. The first kappa shape index (κ1) is 14.9. The van der Waals surface area contributed by atoms with E-state index >= 15 is 0 Å². The highest BCUT2D eigenvalue weighted by molar-refractivity contribution is 5.84. The summed E-state index contributed by atoms with van der Waals surface area (Å²) in [6, 6.07) is 11.4. The molecule has 0 spiro atoms. The summed E-state index contributed by atoms with van der Waals surface area (Å²) >= 11 is 0. The molecule has 4 saturated carbocycles. The van der Waals surface area contributed by atoms with Crippen molar-refractivity contribution in [1.82, 2.24) is 10.6 Å². The number of amides is 1. The first-order chi connectivity index (χ1) is 11.7. The van der Waals surface area contributed by atoms with E-state index in [1.165, 1.54) is 24.8 Å². The molecule has 5 fully saturated rings. The smallest absolute Gasteiger partial charge is 0.226 e. The largest absolute Gasteiger partial charge is 0.352 e. The van der Waals surface area contributed by atoms with Gasteiger partial charge >= 0.3 is 0 Å². The van der Waals surface area contributed by atoms with Crippen molar-refractivity contribution in [2.75, 3.05) is 13.1 Å². The van der Waals surface area contributed by atoms with Gasteiger partial charge in [-0.15, -0.1) is 0 Å². The molecule has 2 N–H and O–H groups in total. The molecule has 4 aliphatic carbocycles. The van der Waals surface area contributed by atoms with E-state index in [4.69, 9.17) is 0 Å². The molecule has 3 heteroatoms. The van der Waals surface area contributed by atoms with Crippen LogP contribution in [-0.4, -0.2) is 25.0 Å². The summed E-state index contributed by atoms with van der Waals surface area (Å²) in [5.41, 5.74) is 1.65. The zero-order valence-corrected chi connectivity index (χ0v) is 14.4. The minimum atomic E-state index is -0.0947. The monoisotopic (exact) mass is 324 g/mol. The van der Waals surface area contributed by atoms with E-state index in [9.17, 15) is 4.79 Å². The zero-order valence-electron chi connectivity index (χ0n) is 14.4. The average molecular weight is 324 g/mol. The normalized spacial score (nSPS) is 43.1. The molecule has 0 radical (unpaired) electrons. The van der Waals surface area contributed by atoms with Gasteiger partial charge in [0.05, 0.1) is 5.41 Å². The first-order valence-electron chi connectivity index (χ1n) is 9.75. The Morgan fingerprint density at radius 2 is 1.83 bits per heavy atom. The van der Waals surface area contributed by atoms with Crippen LogP contribution in [0.2, 0.25) is 0 Å². The van der Waals surface area contributed by atoms with Gasteiger partial charge in [-0.2, -0.15) is 0 Å². The van der Waals surface area contributed by atoms with Crippen molar-refractivity contribution in [3.63, 3.8) is 0 Å². The predicted molar refractivity (Wildman–Crippen MR) is 94.7 cm³/mol. The van der Waals surface area contributed by atoms with Gasteiger partial charge < -0.3 is 10.6 Å². The Labute approximate surface area is 144 Å². The van der Waals surface area contributed by atoms with Crippen molar-refractivity contribution in [1.29, 1.82) is 0 Å². The van der Waals surface area contributed by atoms with Crippen molar-refractivity contribution in [2.45, 2.75) is 56.4 Å². The molecule has 24 heavy (non-hydrogen) atoms. The molecular formula is C21H28N2O.